The second-order valence-electron chi connectivity index (χ2n) is 4.38. The quantitative estimate of drug-likeness (QED) is 0.754. The Morgan fingerprint density at radius 3 is 2.37 bits per heavy atom. The van der Waals surface area contributed by atoms with Gasteiger partial charge in [-0.2, -0.15) is 0 Å². The van der Waals surface area contributed by atoms with Crippen LogP contribution in [0.3, 0.4) is 0 Å². The van der Waals surface area contributed by atoms with E-state index in [0.717, 1.165) is 18.0 Å². The molecule has 0 N–H and O–H groups in total. The Morgan fingerprint density at radius 2 is 1.84 bits per heavy atom. The van der Waals surface area contributed by atoms with Crippen LogP contribution >= 0.6 is 0 Å². The number of hydrogen-bond acceptors (Lipinski definition) is 3. The minimum atomic E-state index is -0.219. The summed E-state index contributed by atoms with van der Waals surface area (Å²) in [6.07, 6.45) is 0. The molecule has 4 heteroatoms. The Hall–Kier alpha value is -1.99. The van der Waals surface area contributed by atoms with Crippen LogP contribution in [0.25, 0.3) is 0 Å². The summed E-state index contributed by atoms with van der Waals surface area (Å²) in [5.74, 6) is 5.68. The summed E-state index contributed by atoms with van der Waals surface area (Å²) in [6.45, 7) is 3.15. The lowest BCUT2D eigenvalue weighted by atomic mass is 10.3. The molecule has 19 heavy (non-hydrogen) atoms. The van der Waals surface area contributed by atoms with E-state index in [1.54, 1.807) is 14.0 Å². The number of likely N-dealkylation sites (N-methyl/N-ethyl adjacent to an activating group) is 1. The minimum Gasteiger partial charge on any atom is -0.492 e. The highest BCUT2D eigenvalue weighted by Gasteiger charge is 2.07. The second kappa shape index (κ2) is 7.45. The molecule has 0 aliphatic rings. The molecule has 0 saturated heterocycles. The normalized spacial score (nSPS) is 9.74. The Balaban J connectivity index is 2.60. The van der Waals surface area contributed by atoms with Gasteiger partial charge in [0, 0.05) is 19.3 Å². The molecule has 1 aromatic rings. The Bertz CT molecular complexity index is 469. The van der Waals surface area contributed by atoms with Crippen molar-refractivity contribution in [2.75, 3.05) is 39.2 Å². The summed E-state index contributed by atoms with van der Waals surface area (Å²) in [5.41, 5.74) is 0.799. The lowest BCUT2D eigenvalue weighted by Crippen LogP contribution is -2.24. The Kier molecular flexibility index (Phi) is 5.91. The van der Waals surface area contributed by atoms with Crippen molar-refractivity contribution in [3.63, 3.8) is 0 Å². The molecule has 4 nitrogen and oxygen atoms in total. The summed E-state index contributed by atoms with van der Waals surface area (Å²) < 4.78 is 5.59. The molecular formula is C15H20N2O2. The number of hydrogen-bond donors (Lipinski definition) is 0. The third kappa shape index (κ3) is 5.02. The zero-order valence-electron chi connectivity index (χ0n) is 11.9. The first kappa shape index (κ1) is 15.1. The van der Waals surface area contributed by atoms with Gasteiger partial charge in [-0.05, 0) is 51.2 Å². The molecule has 0 radical (unpaired) electrons. The molecule has 1 rings (SSSR count). The van der Waals surface area contributed by atoms with Gasteiger partial charge in [0.05, 0.1) is 0 Å². The van der Waals surface area contributed by atoms with E-state index in [0.29, 0.717) is 6.61 Å². The summed E-state index contributed by atoms with van der Waals surface area (Å²) in [5, 5.41) is 0. The molecule has 1 aromatic carbocycles. The van der Waals surface area contributed by atoms with Crippen molar-refractivity contribution >= 4 is 11.6 Å². The van der Waals surface area contributed by atoms with Crippen molar-refractivity contribution in [3.05, 3.63) is 24.3 Å². The van der Waals surface area contributed by atoms with E-state index >= 15 is 0 Å². The molecule has 0 saturated carbocycles. The lowest BCUT2D eigenvalue weighted by molar-refractivity contribution is -0.113. The largest absolute Gasteiger partial charge is 0.492 e. The van der Waals surface area contributed by atoms with Gasteiger partial charge >= 0.3 is 5.91 Å². The van der Waals surface area contributed by atoms with Gasteiger partial charge in [0.1, 0.15) is 12.4 Å². The van der Waals surface area contributed by atoms with Gasteiger partial charge in [-0.25, -0.2) is 0 Å². The number of ether oxygens (including phenoxy) is 1. The number of anilines is 1. The van der Waals surface area contributed by atoms with Gasteiger partial charge in [0.2, 0.25) is 0 Å². The van der Waals surface area contributed by atoms with Crippen molar-refractivity contribution in [1.82, 2.24) is 4.90 Å². The highest BCUT2D eigenvalue weighted by atomic mass is 16.5. The standard InChI is InChI=1S/C15H20N2O2/c1-5-6-15(18)17(4)13-7-9-14(10-8-13)19-12-11-16(2)3/h7-10H,11-12H2,1-4H3. The van der Waals surface area contributed by atoms with E-state index in [2.05, 4.69) is 16.7 Å². The highest BCUT2D eigenvalue weighted by molar-refractivity contribution is 6.05. The Morgan fingerprint density at radius 1 is 1.21 bits per heavy atom. The van der Waals surface area contributed by atoms with Crippen LogP contribution in [0.4, 0.5) is 5.69 Å². The lowest BCUT2D eigenvalue weighted by Gasteiger charge is -2.15. The van der Waals surface area contributed by atoms with E-state index in [1.807, 2.05) is 38.4 Å². The van der Waals surface area contributed by atoms with Crippen LogP contribution < -0.4 is 9.64 Å². The molecule has 0 unspecified atom stereocenters. The monoisotopic (exact) mass is 260 g/mol. The number of benzene rings is 1. The van der Waals surface area contributed by atoms with Crippen LogP contribution in [0.1, 0.15) is 6.92 Å². The fourth-order valence-corrected chi connectivity index (χ4v) is 1.42. The van der Waals surface area contributed by atoms with Crippen LogP contribution in [-0.4, -0.2) is 45.1 Å². The molecule has 0 fully saturated rings. The van der Waals surface area contributed by atoms with Crippen molar-refractivity contribution in [3.8, 4) is 17.6 Å². The topological polar surface area (TPSA) is 32.8 Å². The Labute approximate surface area is 115 Å². The van der Waals surface area contributed by atoms with Crippen LogP contribution in [0.2, 0.25) is 0 Å². The maximum absolute atomic E-state index is 11.6. The van der Waals surface area contributed by atoms with Gasteiger partial charge in [-0.15, -0.1) is 0 Å². The molecule has 0 bridgehead atoms. The fraction of sp³-hybridized carbons (Fsp3) is 0.400. The molecule has 0 atom stereocenters. The maximum atomic E-state index is 11.6. The zero-order valence-corrected chi connectivity index (χ0v) is 11.9. The second-order valence-corrected chi connectivity index (χ2v) is 4.38. The first-order chi connectivity index (χ1) is 9.04. The highest BCUT2D eigenvalue weighted by Crippen LogP contribution is 2.18. The minimum absolute atomic E-state index is 0.219. The SMILES string of the molecule is CC#CC(=O)N(C)c1ccc(OCCN(C)C)cc1. The fourth-order valence-electron chi connectivity index (χ4n) is 1.42. The third-order valence-corrected chi connectivity index (χ3v) is 2.57. The third-order valence-electron chi connectivity index (χ3n) is 2.57. The van der Waals surface area contributed by atoms with Crippen molar-refractivity contribution in [2.24, 2.45) is 0 Å². The van der Waals surface area contributed by atoms with Crippen molar-refractivity contribution in [1.29, 1.82) is 0 Å². The molecule has 0 aliphatic heterocycles. The van der Waals surface area contributed by atoms with Crippen LogP contribution in [0.5, 0.6) is 5.75 Å². The molecular weight excluding hydrogens is 240 g/mol. The zero-order chi connectivity index (χ0) is 14.3. The summed E-state index contributed by atoms with van der Waals surface area (Å²) >= 11 is 0. The van der Waals surface area contributed by atoms with E-state index in [4.69, 9.17) is 4.74 Å². The predicted octanol–water partition coefficient (Wildman–Crippen LogP) is 1.61. The van der Waals surface area contributed by atoms with Crippen LogP contribution in [-0.2, 0) is 4.79 Å². The summed E-state index contributed by atoms with van der Waals surface area (Å²) in [6, 6.07) is 7.41. The first-order valence-electron chi connectivity index (χ1n) is 6.12. The van der Waals surface area contributed by atoms with E-state index in [1.165, 1.54) is 4.90 Å². The van der Waals surface area contributed by atoms with Crippen molar-refractivity contribution in [2.45, 2.75) is 6.92 Å². The maximum Gasteiger partial charge on any atom is 0.302 e. The number of carbonyl (C=O) groups excluding carboxylic acids is 1. The number of nitrogens with zero attached hydrogens (tertiary/aromatic N) is 2. The molecule has 0 spiro atoms. The van der Waals surface area contributed by atoms with Crippen LogP contribution in [0.15, 0.2) is 24.3 Å². The van der Waals surface area contributed by atoms with Gasteiger partial charge in [-0.1, -0.05) is 5.92 Å². The van der Waals surface area contributed by atoms with E-state index in [9.17, 15) is 4.79 Å². The van der Waals surface area contributed by atoms with E-state index in [-0.39, 0.29) is 5.91 Å². The first-order valence-corrected chi connectivity index (χ1v) is 6.12. The van der Waals surface area contributed by atoms with Crippen molar-refractivity contribution < 1.29 is 9.53 Å². The number of amides is 1. The molecule has 0 heterocycles. The smallest absolute Gasteiger partial charge is 0.302 e. The molecule has 1 amide bonds. The number of rotatable bonds is 5. The number of carbonyl (C=O) groups is 1. The van der Waals surface area contributed by atoms with Gasteiger partial charge in [-0.3, -0.25) is 4.79 Å². The summed E-state index contributed by atoms with van der Waals surface area (Å²) in [7, 11) is 5.71. The van der Waals surface area contributed by atoms with Crippen LogP contribution in [0, 0.1) is 11.8 Å². The van der Waals surface area contributed by atoms with Gasteiger partial charge < -0.3 is 14.5 Å². The average molecular weight is 260 g/mol. The van der Waals surface area contributed by atoms with Gasteiger partial charge in [0.15, 0.2) is 0 Å². The molecule has 102 valence electrons. The average Bonchev–Trinajstić information content (AvgIpc) is 2.38. The predicted molar refractivity (Wildman–Crippen MR) is 77.4 cm³/mol. The van der Waals surface area contributed by atoms with Gasteiger partial charge in [0.25, 0.3) is 0 Å². The summed E-state index contributed by atoms with van der Waals surface area (Å²) in [4.78, 5) is 15.2. The molecule has 0 aliphatic carbocycles. The molecule has 0 aromatic heterocycles. The van der Waals surface area contributed by atoms with E-state index < -0.39 is 0 Å².